The number of ether oxygens (including phenoxy) is 3. The van der Waals surface area contributed by atoms with E-state index < -0.39 is 5.97 Å². The van der Waals surface area contributed by atoms with Gasteiger partial charge in [0.15, 0.2) is 0 Å². The smallest absolute Gasteiger partial charge is 0.306 e. The highest BCUT2D eigenvalue weighted by molar-refractivity contribution is 5.71. The second kappa shape index (κ2) is 39.1. The van der Waals surface area contributed by atoms with Crippen molar-refractivity contribution >= 4 is 23.9 Å². The Labute approximate surface area is 333 Å². The molecule has 0 bridgehead atoms. The average molecular weight is 769 g/mol. The molecule has 0 unspecified atom stereocenters. The van der Waals surface area contributed by atoms with Crippen LogP contribution in [0.4, 0.5) is 0 Å². The third-order valence-electron chi connectivity index (χ3n) is 9.95. The van der Waals surface area contributed by atoms with Crippen LogP contribution in [0.2, 0.25) is 0 Å². The quantitative estimate of drug-likeness (QED) is 0.0377. The van der Waals surface area contributed by atoms with Gasteiger partial charge in [-0.1, -0.05) is 126 Å². The van der Waals surface area contributed by atoms with Crippen LogP contribution in [0, 0.1) is 11.8 Å². The molecule has 0 radical (unpaired) electrons. The predicted octanol–water partition coefficient (Wildman–Crippen LogP) is 13.5. The zero-order chi connectivity index (χ0) is 40.7. The molecule has 0 aliphatic rings. The van der Waals surface area contributed by atoms with Crippen molar-refractivity contribution in [2.24, 2.45) is 11.8 Å². The molecule has 0 heterocycles. The van der Waals surface area contributed by atoms with E-state index in [0.717, 1.165) is 64.2 Å². The van der Waals surface area contributed by atoms with Crippen LogP contribution >= 0.6 is 0 Å². The standard InChI is InChI=1S/C28H54O4.C18H34O4/c1-4-7-10-13-14-15-20-25-28(23-18-11-8-5-2,24-19-12-9-6-3)32-27(31)22-17-16-21-26(29)30;1-15(2)9-7-13-21-17(19)11-5-6-12-18(20)22-14-8-10-16(3)4/h4-25H2,1-3H3,(H,29,30);15-16H,5-14H2,1-4H3. The SMILES string of the molecule is CC(C)CCCOC(=O)CCCCC(=O)OCCCC(C)C.CCCCCCCCCC(CCCCCC)(CCCCCC)OC(=O)CCCCC(=O)O. The summed E-state index contributed by atoms with van der Waals surface area (Å²) in [4.78, 5) is 46.4. The molecule has 0 atom stereocenters. The molecule has 320 valence electrons. The van der Waals surface area contributed by atoms with E-state index in [1.807, 2.05) is 0 Å². The van der Waals surface area contributed by atoms with E-state index in [2.05, 4.69) is 48.5 Å². The second-order valence-electron chi connectivity index (χ2n) is 16.5. The van der Waals surface area contributed by atoms with E-state index in [1.54, 1.807) is 0 Å². The van der Waals surface area contributed by atoms with Crippen LogP contribution in [0.15, 0.2) is 0 Å². The lowest BCUT2D eigenvalue weighted by atomic mass is 9.84. The Balaban J connectivity index is 0. The highest BCUT2D eigenvalue weighted by Crippen LogP contribution is 2.33. The van der Waals surface area contributed by atoms with Gasteiger partial charge in [-0.25, -0.2) is 0 Å². The molecule has 0 aliphatic heterocycles. The molecule has 0 fully saturated rings. The normalized spacial score (nSPS) is 11.4. The highest BCUT2D eigenvalue weighted by Gasteiger charge is 2.32. The van der Waals surface area contributed by atoms with E-state index in [9.17, 15) is 19.2 Å². The first-order valence-corrected chi connectivity index (χ1v) is 22.7. The lowest BCUT2D eigenvalue weighted by molar-refractivity contribution is -0.163. The largest absolute Gasteiger partial charge is 0.481 e. The van der Waals surface area contributed by atoms with Crippen molar-refractivity contribution < 1.29 is 38.5 Å². The van der Waals surface area contributed by atoms with Crippen LogP contribution < -0.4 is 0 Å². The Hall–Kier alpha value is -2.12. The molecule has 0 aromatic heterocycles. The van der Waals surface area contributed by atoms with Crippen LogP contribution in [-0.4, -0.2) is 47.8 Å². The average Bonchev–Trinajstić information content (AvgIpc) is 3.12. The summed E-state index contributed by atoms with van der Waals surface area (Å²) in [6, 6.07) is 0. The van der Waals surface area contributed by atoms with Gasteiger partial charge < -0.3 is 19.3 Å². The summed E-state index contributed by atoms with van der Waals surface area (Å²) in [5.41, 5.74) is -0.311. The molecule has 0 amide bonds. The first-order valence-electron chi connectivity index (χ1n) is 22.7. The molecule has 8 nitrogen and oxygen atoms in total. The van der Waals surface area contributed by atoms with Crippen molar-refractivity contribution in [3.05, 3.63) is 0 Å². The number of hydrogen-bond acceptors (Lipinski definition) is 7. The molecule has 0 spiro atoms. The Morgan fingerprint density at radius 1 is 0.444 bits per heavy atom. The number of hydrogen-bond donors (Lipinski definition) is 1. The third-order valence-corrected chi connectivity index (χ3v) is 9.95. The van der Waals surface area contributed by atoms with Gasteiger partial charge in [-0.3, -0.25) is 19.2 Å². The summed E-state index contributed by atoms with van der Waals surface area (Å²) in [6.45, 7) is 16.4. The van der Waals surface area contributed by atoms with Crippen molar-refractivity contribution in [3.8, 4) is 0 Å². The monoisotopic (exact) mass is 769 g/mol. The summed E-state index contributed by atoms with van der Waals surface area (Å²) in [6.07, 6.45) is 29.2. The molecular weight excluding hydrogens is 680 g/mol. The van der Waals surface area contributed by atoms with E-state index in [-0.39, 0.29) is 29.9 Å². The van der Waals surface area contributed by atoms with Gasteiger partial charge in [-0.2, -0.15) is 0 Å². The van der Waals surface area contributed by atoms with Crippen molar-refractivity contribution in [2.75, 3.05) is 13.2 Å². The summed E-state index contributed by atoms with van der Waals surface area (Å²) < 4.78 is 16.6. The zero-order valence-electron chi connectivity index (χ0n) is 36.6. The number of unbranched alkanes of at least 4 members (excludes halogenated alkanes) is 14. The van der Waals surface area contributed by atoms with Crippen molar-refractivity contribution in [2.45, 2.75) is 247 Å². The van der Waals surface area contributed by atoms with E-state index in [4.69, 9.17) is 19.3 Å². The molecule has 0 aromatic rings. The third kappa shape index (κ3) is 39.6. The maximum Gasteiger partial charge on any atom is 0.306 e. The van der Waals surface area contributed by atoms with Gasteiger partial charge in [0, 0.05) is 25.7 Å². The van der Waals surface area contributed by atoms with Crippen LogP contribution in [0.3, 0.4) is 0 Å². The van der Waals surface area contributed by atoms with Gasteiger partial charge in [-0.15, -0.1) is 0 Å². The van der Waals surface area contributed by atoms with Crippen molar-refractivity contribution in [3.63, 3.8) is 0 Å². The molecule has 0 saturated heterocycles. The minimum Gasteiger partial charge on any atom is -0.481 e. The Morgan fingerprint density at radius 3 is 1.15 bits per heavy atom. The molecular formula is C46H88O8. The van der Waals surface area contributed by atoms with Gasteiger partial charge >= 0.3 is 23.9 Å². The van der Waals surface area contributed by atoms with Crippen LogP contribution in [0.5, 0.6) is 0 Å². The molecule has 0 aromatic carbocycles. The molecule has 0 rings (SSSR count). The summed E-state index contributed by atoms with van der Waals surface area (Å²) in [7, 11) is 0. The van der Waals surface area contributed by atoms with Gasteiger partial charge in [0.25, 0.3) is 0 Å². The zero-order valence-corrected chi connectivity index (χ0v) is 36.6. The molecule has 0 aliphatic carbocycles. The number of rotatable bonds is 37. The minimum atomic E-state index is -0.793. The van der Waals surface area contributed by atoms with E-state index in [1.165, 1.54) is 77.0 Å². The maximum atomic E-state index is 12.7. The van der Waals surface area contributed by atoms with Crippen LogP contribution in [-0.2, 0) is 33.4 Å². The number of carboxylic acids is 1. The summed E-state index contributed by atoms with van der Waals surface area (Å²) in [5, 5.41) is 8.82. The van der Waals surface area contributed by atoms with Crippen molar-refractivity contribution in [1.29, 1.82) is 0 Å². The van der Waals surface area contributed by atoms with Gasteiger partial charge in [0.05, 0.1) is 13.2 Å². The second-order valence-corrected chi connectivity index (χ2v) is 16.5. The number of aliphatic carboxylic acids is 1. The van der Waals surface area contributed by atoms with E-state index >= 15 is 0 Å². The Kier molecular flexibility index (Phi) is 39.1. The number of carbonyl (C=O) groups is 4. The van der Waals surface area contributed by atoms with Gasteiger partial charge in [-0.05, 0) is 102 Å². The number of esters is 3. The fraction of sp³-hybridized carbons (Fsp3) is 0.913. The maximum absolute atomic E-state index is 12.7. The minimum absolute atomic E-state index is 0.121. The molecule has 8 heteroatoms. The summed E-state index contributed by atoms with van der Waals surface area (Å²) >= 11 is 0. The first kappa shape index (κ1) is 54.0. The Bertz CT molecular complexity index is 842. The lowest BCUT2D eigenvalue weighted by Crippen LogP contribution is -2.35. The topological polar surface area (TPSA) is 116 Å². The number of carbonyl (C=O) groups excluding carboxylic acids is 3. The van der Waals surface area contributed by atoms with Gasteiger partial charge in [0.1, 0.15) is 5.60 Å². The fourth-order valence-electron chi connectivity index (χ4n) is 6.56. The predicted molar refractivity (Wildman–Crippen MR) is 224 cm³/mol. The van der Waals surface area contributed by atoms with Crippen LogP contribution in [0.1, 0.15) is 241 Å². The van der Waals surface area contributed by atoms with Crippen molar-refractivity contribution in [1.82, 2.24) is 0 Å². The molecule has 54 heavy (non-hydrogen) atoms. The summed E-state index contributed by atoms with van der Waals surface area (Å²) in [5.74, 6) is 0.0569. The number of carboxylic acid groups (broad SMARTS) is 1. The molecule has 1 N–H and O–H groups in total. The lowest BCUT2D eigenvalue weighted by Gasteiger charge is -2.34. The fourth-order valence-corrected chi connectivity index (χ4v) is 6.56. The van der Waals surface area contributed by atoms with E-state index in [0.29, 0.717) is 70.0 Å². The first-order chi connectivity index (χ1) is 25.9. The van der Waals surface area contributed by atoms with Crippen LogP contribution in [0.25, 0.3) is 0 Å². The highest BCUT2D eigenvalue weighted by atomic mass is 16.6. The Morgan fingerprint density at radius 2 is 0.778 bits per heavy atom. The van der Waals surface area contributed by atoms with Gasteiger partial charge in [0.2, 0.25) is 0 Å². The molecule has 0 saturated carbocycles.